The molecular weight excluding hydrogens is 248 g/mol. The zero-order chi connectivity index (χ0) is 13.4. The average Bonchev–Trinajstić information content (AvgIpc) is 3.11. The number of nitrogens with one attached hydrogen (secondary N) is 1. The Morgan fingerprint density at radius 1 is 1.47 bits per heavy atom. The first kappa shape index (κ1) is 12.1. The van der Waals surface area contributed by atoms with Crippen molar-refractivity contribution >= 4 is 11.8 Å². The van der Waals surface area contributed by atoms with Crippen LogP contribution in [0, 0.1) is 5.92 Å². The molecule has 2 unspecified atom stereocenters. The van der Waals surface area contributed by atoms with Crippen molar-refractivity contribution in [2.45, 2.75) is 44.8 Å². The van der Waals surface area contributed by atoms with Gasteiger partial charge in [-0.15, -0.1) is 0 Å². The fourth-order valence-electron chi connectivity index (χ4n) is 2.54. The molecule has 7 nitrogen and oxygen atoms in total. The van der Waals surface area contributed by atoms with Gasteiger partial charge < -0.3 is 14.7 Å². The first-order chi connectivity index (χ1) is 9.20. The van der Waals surface area contributed by atoms with E-state index in [4.69, 9.17) is 0 Å². The van der Waals surface area contributed by atoms with Crippen molar-refractivity contribution in [3.05, 3.63) is 12.2 Å². The number of hydrogen-bond acceptors (Lipinski definition) is 5. The molecule has 1 aliphatic carbocycles. The summed E-state index contributed by atoms with van der Waals surface area (Å²) in [6.45, 7) is 2.11. The highest BCUT2D eigenvalue weighted by molar-refractivity contribution is 5.97. The van der Waals surface area contributed by atoms with Crippen LogP contribution in [0.4, 0.5) is 0 Å². The Hall–Kier alpha value is -1.92. The van der Waals surface area contributed by atoms with Gasteiger partial charge in [-0.2, -0.15) is 4.98 Å². The molecular formula is C12H16N4O3. The fourth-order valence-corrected chi connectivity index (χ4v) is 2.54. The minimum Gasteiger partial charge on any atom is -0.343 e. The second-order valence-corrected chi connectivity index (χ2v) is 5.06. The molecule has 0 spiro atoms. The van der Waals surface area contributed by atoms with E-state index in [1.807, 2.05) is 6.92 Å². The highest BCUT2D eigenvalue weighted by Gasteiger charge is 2.46. The number of piperazine rings is 1. The van der Waals surface area contributed by atoms with Crippen LogP contribution in [-0.2, 0) is 16.1 Å². The third-order valence-corrected chi connectivity index (χ3v) is 3.72. The van der Waals surface area contributed by atoms with Crippen molar-refractivity contribution in [1.82, 2.24) is 20.4 Å². The molecule has 2 heterocycles. The molecule has 0 radical (unpaired) electrons. The monoisotopic (exact) mass is 264 g/mol. The van der Waals surface area contributed by atoms with Crippen LogP contribution in [0.25, 0.3) is 0 Å². The lowest BCUT2D eigenvalue weighted by Crippen LogP contribution is -2.63. The zero-order valence-corrected chi connectivity index (χ0v) is 10.7. The molecule has 19 heavy (non-hydrogen) atoms. The quantitative estimate of drug-likeness (QED) is 0.832. The van der Waals surface area contributed by atoms with Crippen molar-refractivity contribution in [2.75, 3.05) is 0 Å². The number of rotatable bonds is 4. The topological polar surface area (TPSA) is 88.3 Å². The number of aromatic nitrogens is 2. The predicted molar refractivity (Wildman–Crippen MR) is 63.6 cm³/mol. The van der Waals surface area contributed by atoms with Gasteiger partial charge in [0.2, 0.25) is 18.2 Å². The summed E-state index contributed by atoms with van der Waals surface area (Å²) in [7, 11) is 0. The van der Waals surface area contributed by atoms with Crippen molar-refractivity contribution in [3.63, 3.8) is 0 Å². The number of carbonyl (C=O) groups excluding carboxylic acids is 2. The van der Waals surface area contributed by atoms with Gasteiger partial charge in [0.1, 0.15) is 12.1 Å². The lowest BCUT2D eigenvalue weighted by molar-refractivity contribution is -0.151. The van der Waals surface area contributed by atoms with E-state index in [2.05, 4.69) is 20.0 Å². The third kappa shape index (κ3) is 2.20. The maximum Gasteiger partial charge on any atom is 0.246 e. The number of nitrogens with zero attached hydrogens (tertiary/aromatic N) is 3. The Morgan fingerprint density at radius 3 is 2.84 bits per heavy atom. The summed E-state index contributed by atoms with van der Waals surface area (Å²) in [6, 6.07) is -0.816. The SMILES string of the molecule is CCC1C(=O)NC(C2CC2)C(=O)N1Cc1ncon1. The standard InChI is InChI=1S/C12H16N4O3/c1-2-8-11(17)14-10(7-3-4-7)12(18)16(8)5-9-13-6-19-15-9/h6-8,10H,2-5H2,1H3,(H,14,17). The van der Waals surface area contributed by atoms with E-state index < -0.39 is 6.04 Å². The van der Waals surface area contributed by atoms with Gasteiger partial charge in [-0.25, -0.2) is 0 Å². The van der Waals surface area contributed by atoms with Crippen LogP contribution < -0.4 is 5.32 Å². The molecule has 102 valence electrons. The molecule has 1 aromatic heterocycles. The van der Waals surface area contributed by atoms with Gasteiger partial charge in [0.25, 0.3) is 0 Å². The summed E-state index contributed by atoms with van der Waals surface area (Å²) in [4.78, 5) is 30.1. The molecule has 2 fully saturated rings. The highest BCUT2D eigenvalue weighted by Crippen LogP contribution is 2.35. The van der Waals surface area contributed by atoms with Crippen LogP contribution in [0.15, 0.2) is 10.9 Å². The van der Waals surface area contributed by atoms with Crippen LogP contribution in [0.1, 0.15) is 32.0 Å². The van der Waals surface area contributed by atoms with Gasteiger partial charge in [0, 0.05) is 0 Å². The van der Waals surface area contributed by atoms with Gasteiger partial charge in [-0.1, -0.05) is 12.1 Å². The van der Waals surface area contributed by atoms with Gasteiger partial charge in [-0.05, 0) is 25.2 Å². The normalized spacial score (nSPS) is 27.5. The second kappa shape index (κ2) is 4.64. The van der Waals surface area contributed by atoms with Crippen LogP contribution in [-0.4, -0.2) is 38.9 Å². The molecule has 1 saturated heterocycles. The number of hydrogen-bond donors (Lipinski definition) is 1. The molecule has 7 heteroatoms. The molecule has 1 aliphatic heterocycles. The molecule has 1 saturated carbocycles. The van der Waals surface area contributed by atoms with E-state index in [0.29, 0.717) is 18.2 Å². The Kier molecular flexibility index (Phi) is 2.96. The molecule has 3 rings (SSSR count). The minimum atomic E-state index is -0.444. The largest absolute Gasteiger partial charge is 0.343 e. The van der Waals surface area contributed by atoms with Crippen molar-refractivity contribution < 1.29 is 14.1 Å². The lowest BCUT2D eigenvalue weighted by Gasteiger charge is -2.38. The summed E-state index contributed by atoms with van der Waals surface area (Å²) in [5.74, 6) is 0.610. The highest BCUT2D eigenvalue weighted by atomic mass is 16.5. The second-order valence-electron chi connectivity index (χ2n) is 5.06. The van der Waals surface area contributed by atoms with Crippen molar-refractivity contribution in [2.24, 2.45) is 5.92 Å². The Morgan fingerprint density at radius 2 is 2.26 bits per heavy atom. The summed E-state index contributed by atoms with van der Waals surface area (Å²) in [6.07, 6.45) is 3.81. The van der Waals surface area contributed by atoms with Gasteiger partial charge in [0.05, 0.1) is 6.54 Å². The molecule has 1 N–H and O–H groups in total. The number of amides is 2. The van der Waals surface area contributed by atoms with Gasteiger partial charge >= 0.3 is 0 Å². The lowest BCUT2D eigenvalue weighted by atomic mass is 10.0. The van der Waals surface area contributed by atoms with Crippen LogP contribution in [0.2, 0.25) is 0 Å². The van der Waals surface area contributed by atoms with E-state index in [9.17, 15) is 9.59 Å². The fraction of sp³-hybridized carbons (Fsp3) is 0.667. The maximum absolute atomic E-state index is 12.5. The zero-order valence-electron chi connectivity index (χ0n) is 10.7. The first-order valence-corrected chi connectivity index (χ1v) is 6.56. The smallest absolute Gasteiger partial charge is 0.246 e. The van der Waals surface area contributed by atoms with Crippen LogP contribution in [0.3, 0.4) is 0 Å². The molecule has 0 aromatic carbocycles. The van der Waals surface area contributed by atoms with Crippen molar-refractivity contribution in [3.8, 4) is 0 Å². The Labute approximate surface area is 110 Å². The summed E-state index contributed by atoms with van der Waals surface area (Å²) in [5, 5.41) is 6.56. The molecule has 1 aromatic rings. The van der Waals surface area contributed by atoms with Crippen LogP contribution >= 0.6 is 0 Å². The number of carbonyl (C=O) groups is 2. The molecule has 0 bridgehead atoms. The summed E-state index contributed by atoms with van der Waals surface area (Å²) in [5.41, 5.74) is 0. The third-order valence-electron chi connectivity index (χ3n) is 3.72. The van der Waals surface area contributed by atoms with Gasteiger partial charge in [-0.3, -0.25) is 9.59 Å². The van der Waals surface area contributed by atoms with E-state index in [1.54, 1.807) is 4.90 Å². The Bertz CT molecular complexity index is 483. The molecule has 2 aliphatic rings. The van der Waals surface area contributed by atoms with Crippen molar-refractivity contribution in [1.29, 1.82) is 0 Å². The maximum atomic E-state index is 12.5. The molecule has 2 amide bonds. The van der Waals surface area contributed by atoms with Gasteiger partial charge in [0.15, 0.2) is 5.82 Å². The summed E-state index contributed by atoms with van der Waals surface area (Å²) < 4.78 is 4.67. The predicted octanol–water partition coefficient (Wildman–Crippen LogP) is 0.0852. The van der Waals surface area contributed by atoms with E-state index in [0.717, 1.165) is 12.8 Å². The molecule has 2 atom stereocenters. The summed E-state index contributed by atoms with van der Waals surface area (Å²) >= 11 is 0. The van der Waals surface area contributed by atoms with E-state index in [-0.39, 0.29) is 24.4 Å². The Balaban J connectivity index is 1.82. The first-order valence-electron chi connectivity index (χ1n) is 6.56. The average molecular weight is 264 g/mol. The minimum absolute atomic E-state index is 0.0289. The van der Waals surface area contributed by atoms with E-state index >= 15 is 0 Å². The van der Waals surface area contributed by atoms with E-state index in [1.165, 1.54) is 6.39 Å². The van der Waals surface area contributed by atoms with Crippen LogP contribution in [0.5, 0.6) is 0 Å².